The minimum absolute atomic E-state index is 0.179. The second kappa shape index (κ2) is 8.15. The van der Waals surface area contributed by atoms with E-state index in [-0.39, 0.29) is 11.8 Å². The summed E-state index contributed by atoms with van der Waals surface area (Å²) in [6.45, 7) is 2.12. The molecule has 0 radical (unpaired) electrons. The van der Waals surface area contributed by atoms with Gasteiger partial charge in [-0.3, -0.25) is 20.4 Å². The molecule has 0 atom stereocenters. The van der Waals surface area contributed by atoms with Gasteiger partial charge in [0.1, 0.15) is 4.88 Å². The standard InChI is InChI=1S/C16H19ClN2O2S/c1-2-3-4-5-10-13(20)18-19-16(21)15-14(17)11-8-6-7-9-12(11)22-15/h6-9H,2-5,10H2,1H3,(H,18,20)(H,19,21). The van der Waals surface area contributed by atoms with E-state index in [0.29, 0.717) is 16.3 Å². The molecule has 1 aromatic heterocycles. The molecular formula is C16H19ClN2O2S. The van der Waals surface area contributed by atoms with Crippen LogP contribution in [0.1, 0.15) is 48.7 Å². The van der Waals surface area contributed by atoms with Crippen LogP contribution >= 0.6 is 22.9 Å². The summed E-state index contributed by atoms with van der Waals surface area (Å²) in [5, 5.41) is 1.28. The van der Waals surface area contributed by atoms with Crippen LogP contribution in [0.3, 0.4) is 0 Å². The summed E-state index contributed by atoms with van der Waals surface area (Å²) in [7, 11) is 0. The summed E-state index contributed by atoms with van der Waals surface area (Å²) in [6.07, 6.45) is 4.53. The Morgan fingerprint density at radius 2 is 1.91 bits per heavy atom. The van der Waals surface area contributed by atoms with Gasteiger partial charge in [-0.05, 0) is 12.5 Å². The van der Waals surface area contributed by atoms with Gasteiger partial charge in [0.25, 0.3) is 5.91 Å². The summed E-state index contributed by atoms with van der Waals surface area (Å²) in [5.41, 5.74) is 4.87. The number of rotatable bonds is 6. The number of carbonyl (C=O) groups is 2. The molecular weight excluding hydrogens is 320 g/mol. The molecule has 2 aromatic rings. The Bertz CT molecular complexity index is 669. The van der Waals surface area contributed by atoms with Crippen molar-refractivity contribution in [3.8, 4) is 0 Å². The molecule has 118 valence electrons. The summed E-state index contributed by atoms with van der Waals surface area (Å²) in [5.74, 6) is -0.560. The maximum absolute atomic E-state index is 12.1. The van der Waals surface area contributed by atoms with Crippen LogP contribution in [0.25, 0.3) is 10.1 Å². The first kappa shape index (κ1) is 16.8. The third-order valence-electron chi connectivity index (χ3n) is 3.31. The molecule has 0 saturated carbocycles. The predicted octanol–water partition coefficient (Wildman–Crippen LogP) is 4.29. The van der Waals surface area contributed by atoms with Crippen molar-refractivity contribution in [2.45, 2.75) is 39.0 Å². The van der Waals surface area contributed by atoms with Gasteiger partial charge in [-0.25, -0.2) is 0 Å². The molecule has 6 heteroatoms. The highest BCUT2D eigenvalue weighted by Crippen LogP contribution is 2.34. The molecule has 0 unspecified atom stereocenters. The molecule has 0 bridgehead atoms. The number of nitrogens with one attached hydrogen (secondary N) is 2. The molecule has 0 aliphatic carbocycles. The first-order chi connectivity index (χ1) is 10.6. The second-order valence-corrected chi connectivity index (χ2v) is 6.48. The highest BCUT2D eigenvalue weighted by atomic mass is 35.5. The van der Waals surface area contributed by atoms with Crippen LogP contribution in [0.2, 0.25) is 5.02 Å². The van der Waals surface area contributed by atoms with Gasteiger partial charge in [-0.1, -0.05) is 56.0 Å². The van der Waals surface area contributed by atoms with E-state index >= 15 is 0 Å². The van der Waals surface area contributed by atoms with Gasteiger partial charge in [0.05, 0.1) is 5.02 Å². The minimum atomic E-state index is -0.381. The number of amides is 2. The van der Waals surface area contributed by atoms with Crippen molar-refractivity contribution in [1.82, 2.24) is 10.9 Å². The topological polar surface area (TPSA) is 58.2 Å². The van der Waals surface area contributed by atoms with Gasteiger partial charge < -0.3 is 0 Å². The zero-order valence-corrected chi connectivity index (χ0v) is 14.0. The molecule has 2 N–H and O–H groups in total. The van der Waals surface area contributed by atoms with Gasteiger partial charge in [-0.2, -0.15) is 0 Å². The van der Waals surface area contributed by atoms with Crippen molar-refractivity contribution < 1.29 is 9.59 Å². The van der Waals surface area contributed by atoms with Crippen molar-refractivity contribution in [3.05, 3.63) is 34.2 Å². The number of halogens is 1. The average Bonchev–Trinajstić information content (AvgIpc) is 2.87. The Morgan fingerprint density at radius 3 is 2.64 bits per heavy atom. The second-order valence-electron chi connectivity index (χ2n) is 5.05. The van der Waals surface area contributed by atoms with Gasteiger partial charge >= 0.3 is 0 Å². The van der Waals surface area contributed by atoms with E-state index in [4.69, 9.17) is 11.6 Å². The van der Waals surface area contributed by atoms with Crippen molar-refractivity contribution in [2.24, 2.45) is 0 Å². The van der Waals surface area contributed by atoms with Crippen LogP contribution < -0.4 is 10.9 Å². The fourth-order valence-electron chi connectivity index (χ4n) is 2.12. The number of thiophene rings is 1. The van der Waals surface area contributed by atoms with Crippen LogP contribution in [-0.2, 0) is 4.79 Å². The molecule has 0 fully saturated rings. The quantitative estimate of drug-likeness (QED) is 0.610. The lowest BCUT2D eigenvalue weighted by atomic mass is 10.1. The van der Waals surface area contributed by atoms with Crippen molar-refractivity contribution in [2.75, 3.05) is 0 Å². The van der Waals surface area contributed by atoms with E-state index in [1.807, 2.05) is 24.3 Å². The van der Waals surface area contributed by atoms with Crippen LogP contribution in [0, 0.1) is 0 Å². The van der Waals surface area contributed by atoms with E-state index in [9.17, 15) is 9.59 Å². The van der Waals surface area contributed by atoms with E-state index in [0.717, 1.165) is 35.8 Å². The molecule has 2 amide bonds. The lowest BCUT2D eigenvalue weighted by molar-refractivity contribution is -0.121. The van der Waals surface area contributed by atoms with Crippen LogP contribution in [0.15, 0.2) is 24.3 Å². The monoisotopic (exact) mass is 338 g/mol. The van der Waals surface area contributed by atoms with Gasteiger partial charge in [0, 0.05) is 16.5 Å². The summed E-state index contributed by atoms with van der Waals surface area (Å²) in [4.78, 5) is 24.2. The Labute approximate surface area is 138 Å². The van der Waals surface area contributed by atoms with Crippen LogP contribution in [0.5, 0.6) is 0 Å². The minimum Gasteiger partial charge on any atom is -0.273 e. The van der Waals surface area contributed by atoms with Gasteiger partial charge in [-0.15, -0.1) is 11.3 Å². The Balaban J connectivity index is 1.89. The van der Waals surface area contributed by atoms with E-state index in [1.165, 1.54) is 11.3 Å². The number of hydrogen-bond donors (Lipinski definition) is 2. The van der Waals surface area contributed by atoms with Crippen molar-refractivity contribution in [3.63, 3.8) is 0 Å². The number of hydrogen-bond acceptors (Lipinski definition) is 3. The van der Waals surface area contributed by atoms with Crippen LogP contribution in [-0.4, -0.2) is 11.8 Å². The molecule has 0 saturated heterocycles. The lowest BCUT2D eigenvalue weighted by Gasteiger charge is -2.06. The highest BCUT2D eigenvalue weighted by Gasteiger charge is 2.17. The van der Waals surface area contributed by atoms with E-state index < -0.39 is 0 Å². The molecule has 0 spiro atoms. The number of carbonyl (C=O) groups excluding carboxylic acids is 2. The summed E-state index contributed by atoms with van der Waals surface area (Å²) >= 11 is 7.54. The van der Waals surface area contributed by atoms with E-state index in [2.05, 4.69) is 17.8 Å². The van der Waals surface area contributed by atoms with Crippen LogP contribution in [0.4, 0.5) is 0 Å². The summed E-state index contributed by atoms with van der Waals surface area (Å²) < 4.78 is 0.948. The Hall–Kier alpha value is -1.59. The lowest BCUT2D eigenvalue weighted by Crippen LogP contribution is -2.41. The molecule has 2 rings (SSSR count). The largest absolute Gasteiger partial charge is 0.281 e. The zero-order valence-electron chi connectivity index (χ0n) is 12.4. The molecule has 4 nitrogen and oxygen atoms in total. The normalized spacial score (nSPS) is 10.6. The maximum atomic E-state index is 12.1. The third-order valence-corrected chi connectivity index (χ3v) is 4.99. The molecule has 0 aliphatic heterocycles. The molecule has 1 heterocycles. The predicted molar refractivity (Wildman–Crippen MR) is 91.2 cm³/mol. The number of hydrazine groups is 1. The van der Waals surface area contributed by atoms with Crippen molar-refractivity contribution in [1.29, 1.82) is 0 Å². The summed E-state index contributed by atoms with van der Waals surface area (Å²) in [6, 6.07) is 7.56. The number of fused-ring (bicyclic) bond motifs is 1. The first-order valence-corrected chi connectivity index (χ1v) is 8.59. The van der Waals surface area contributed by atoms with E-state index in [1.54, 1.807) is 0 Å². The zero-order chi connectivity index (χ0) is 15.9. The van der Waals surface area contributed by atoms with Gasteiger partial charge in [0.15, 0.2) is 0 Å². The smallest absolute Gasteiger partial charge is 0.273 e. The Kier molecular flexibility index (Phi) is 6.21. The number of benzene rings is 1. The molecule has 1 aromatic carbocycles. The molecule has 22 heavy (non-hydrogen) atoms. The van der Waals surface area contributed by atoms with Crippen molar-refractivity contribution >= 4 is 44.8 Å². The fourth-order valence-corrected chi connectivity index (χ4v) is 3.53. The Morgan fingerprint density at radius 1 is 1.14 bits per heavy atom. The first-order valence-electron chi connectivity index (χ1n) is 7.39. The highest BCUT2D eigenvalue weighted by molar-refractivity contribution is 7.21. The molecule has 0 aliphatic rings. The third kappa shape index (κ3) is 4.21. The fraction of sp³-hybridized carbons (Fsp3) is 0.375. The SMILES string of the molecule is CCCCCCC(=O)NNC(=O)c1sc2ccccc2c1Cl. The maximum Gasteiger partial charge on any atom is 0.281 e. The van der Waals surface area contributed by atoms with Gasteiger partial charge in [0.2, 0.25) is 5.91 Å². The average molecular weight is 339 g/mol. The number of unbranched alkanes of at least 4 members (excludes halogenated alkanes) is 3.